The van der Waals surface area contributed by atoms with Gasteiger partial charge in [0.05, 0.1) is 11.3 Å². The van der Waals surface area contributed by atoms with Crippen LogP contribution in [0, 0.1) is 62.0 Å². The van der Waals surface area contributed by atoms with E-state index < -0.39 is 22.7 Å². The molecule has 4 unspecified atom stereocenters. The van der Waals surface area contributed by atoms with Gasteiger partial charge in [-0.05, 0) is 115 Å². The van der Waals surface area contributed by atoms with Crippen molar-refractivity contribution in [3.63, 3.8) is 0 Å². The molecule has 8 atom stereocenters. The number of Topliss-reactive ketones (excluding diaryl/α,β-unsaturated/α-hetero) is 1. The Labute approximate surface area is 269 Å². The molecule has 0 saturated heterocycles. The normalized spacial score (nSPS) is 41.4. The quantitative estimate of drug-likeness (QED) is 0.257. The summed E-state index contributed by atoms with van der Waals surface area (Å²) in [5, 5.41) is 13.7. The Morgan fingerprint density at radius 2 is 1.62 bits per heavy atom. The molecule has 5 nitrogen and oxygen atoms in total. The van der Waals surface area contributed by atoms with E-state index in [-0.39, 0.29) is 56.9 Å². The average molecular weight is 620 g/mol. The largest absolute Gasteiger partial charge is 0.481 e. The van der Waals surface area contributed by atoms with Crippen LogP contribution in [-0.2, 0) is 20.8 Å². The fraction of sp³-hybridized carbons (Fsp3) is 0.718. The predicted octanol–water partition coefficient (Wildman–Crippen LogP) is 8.17. The molecule has 1 amide bonds. The van der Waals surface area contributed by atoms with Crippen molar-refractivity contribution < 1.29 is 23.9 Å². The molecule has 4 saturated carbocycles. The number of carbonyl (C=O) groups excluding carboxylic acids is 2. The molecular weight excluding hydrogens is 565 g/mol. The molecule has 45 heavy (non-hydrogen) atoms. The molecule has 1 aromatic carbocycles. The number of nitrogens with one attached hydrogen (secondary N) is 1. The highest BCUT2D eigenvalue weighted by atomic mass is 19.1. The van der Waals surface area contributed by atoms with Crippen LogP contribution in [0.2, 0.25) is 0 Å². The van der Waals surface area contributed by atoms with Crippen molar-refractivity contribution >= 4 is 17.7 Å². The zero-order chi connectivity index (χ0) is 32.8. The maximum Gasteiger partial charge on any atom is 0.310 e. The maximum atomic E-state index is 14.2. The molecule has 0 bridgehead atoms. The maximum absolute atomic E-state index is 14.2. The number of aliphatic carboxylic acids is 1. The lowest BCUT2D eigenvalue weighted by molar-refractivity contribution is -0.195. The van der Waals surface area contributed by atoms with Gasteiger partial charge in [-0.2, -0.15) is 0 Å². The minimum Gasteiger partial charge on any atom is -0.481 e. The van der Waals surface area contributed by atoms with Gasteiger partial charge in [0.25, 0.3) is 0 Å². The van der Waals surface area contributed by atoms with Crippen LogP contribution in [0.4, 0.5) is 4.39 Å². The molecule has 0 spiro atoms. The van der Waals surface area contributed by atoms with E-state index in [4.69, 9.17) is 0 Å². The Morgan fingerprint density at radius 3 is 2.31 bits per heavy atom. The summed E-state index contributed by atoms with van der Waals surface area (Å²) < 4.78 is 14.2. The van der Waals surface area contributed by atoms with Crippen molar-refractivity contribution in [2.24, 2.45) is 56.2 Å². The second-order valence-electron chi connectivity index (χ2n) is 17.7. The molecule has 0 heterocycles. The standard InChI is InChI=1S/C39H54FNO4/c1-34(2)17-19-39(33(44)45)20-18-37(6)26(27(39)23-34)12-13-30-36(5)22-25(31(42)35(3,4)29(36)14-16-38(30,37)7)32(43)41-21-15-24-10-8-9-11-28(24)40/h8-12,25,27,29-30H,13-23H2,1-7H3,(H,41,43)(H,44,45)/t25?,27?,29?,30?,36-,37+,38+,39-/m0/s1. The zero-order valence-electron chi connectivity index (χ0n) is 28.5. The van der Waals surface area contributed by atoms with Gasteiger partial charge in [0.15, 0.2) is 5.78 Å². The second-order valence-corrected chi connectivity index (χ2v) is 17.7. The van der Waals surface area contributed by atoms with Crippen molar-refractivity contribution in [1.82, 2.24) is 5.32 Å². The average Bonchev–Trinajstić information content (AvgIpc) is 2.96. The highest BCUT2D eigenvalue weighted by Gasteiger charge is 2.70. The zero-order valence-corrected chi connectivity index (χ0v) is 28.5. The number of carboxylic acid groups (broad SMARTS) is 1. The van der Waals surface area contributed by atoms with Gasteiger partial charge in [0, 0.05) is 12.0 Å². The molecule has 6 rings (SSSR count). The predicted molar refractivity (Wildman–Crippen MR) is 174 cm³/mol. The molecule has 1 aromatic rings. The van der Waals surface area contributed by atoms with Crippen LogP contribution in [-0.4, -0.2) is 29.3 Å². The van der Waals surface area contributed by atoms with Crippen LogP contribution in [0.25, 0.3) is 0 Å². The third-order valence-corrected chi connectivity index (χ3v) is 14.8. The van der Waals surface area contributed by atoms with Gasteiger partial charge in [0.1, 0.15) is 5.82 Å². The first-order valence-corrected chi connectivity index (χ1v) is 17.4. The van der Waals surface area contributed by atoms with Crippen molar-refractivity contribution in [3.8, 4) is 0 Å². The van der Waals surface area contributed by atoms with Crippen molar-refractivity contribution in [2.45, 2.75) is 113 Å². The molecule has 4 fully saturated rings. The van der Waals surface area contributed by atoms with Crippen LogP contribution in [0.3, 0.4) is 0 Å². The first kappa shape index (κ1) is 32.4. The molecule has 6 heteroatoms. The Bertz CT molecular complexity index is 1450. The van der Waals surface area contributed by atoms with Gasteiger partial charge in [0.2, 0.25) is 5.91 Å². The molecule has 0 radical (unpaired) electrons. The van der Waals surface area contributed by atoms with Gasteiger partial charge in [-0.25, -0.2) is 4.39 Å². The first-order valence-electron chi connectivity index (χ1n) is 17.4. The number of halogens is 1. The minimum absolute atomic E-state index is 0.0311. The van der Waals surface area contributed by atoms with E-state index in [0.717, 1.165) is 51.4 Å². The number of hydrogen-bond acceptors (Lipinski definition) is 3. The lowest BCUT2D eigenvalue weighted by Gasteiger charge is -2.70. The summed E-state index contributed by atoms with van der Waals surface area (Å²) in [7, 11) is 0. The number of ketones is 1. The summed E-state index contributed by atoms with van der Waals surface area (Å²) in [6, 6.07) is 6.61. The van der Waals surface area contributed by atoms with Crippen molar-refractivity contribution in [3.05, 3.63) is 47.3 Å². The first-order chi connectivity index (χ1) is 20.9. The second kappa shape index (κ2) is 10.5. The van der Waals surface area contributed by atoms with Gasteiger partial charge in [-0.15, -0.1) is 0 Å². The van der Waals surface area contributed by atoms with Gasteiger partial charge < -0.3 is 10.4 Å². The Balaban J connectivity index is 1.32. The number of amides is 1. The smallest absolute Gasteiger partial charge is 0.310 e. The summed E-state index contributed by atoms with van der Waals surface area (Å²) in [5.41, 5.74) is 0.351. The minimum atomic E-state index is -0.729. The van der Waals surface area contributed by atoms with Crippen LogP contribution < -0.4 is 5.32 Å². The summed E-state index contributed by atoms with van der Waals surface area (Å²) in [5.74, 6) is -1.32. The molecule has 0 aromatic heterocycles. The molecule has 5 aliphatic carbocycles. The van der Waals surface area contributed by atoms with Crippen LogP contribution in [0.5, 0.6) is 0 Å². The topological polar surface area (TPSA) is 83.5 Å². The Kier molecular flexibility index (Phi) is 7.57. The van der Waals surface area contributed by atoms with Crippen molar-refractivity contribution in [1.29, 1.82) is 0 Å². The number of rotatable bonds is 5. The van der Waals surface area contributed by atoms with E-state index >= 15 is 0 Å². The fourth-order valence-corrected chi connectivity index (χ4v) is 12.0. The van der Waals surface area contributed by atoms with E-state index in [2.05, 4.69) is 59.9 Å². The lowest BCUT2D eigenvalue weighted by atomic mass is 9.33. The van der Waals surface area contributed by atoms with E-state index in [0.29, 0.717) is 24.9 Å². The molecule has 2 N–H and O–H groups in total. The summed E-state index contributed by atoms with van der Waals surface area (Å²) >= 11 is 0. The molecule has 5 aliphatic rings. The van der Waals surface area contributed by atoms with E-state index in [1.54, 1.807) is 18.2 Å². The highest BCUT2D eigenvalue weighted by molar-refractivity contribution is 6.04. The third-order valence-electron chi connectivity index (χ3n) is 14.8. The fourth-order valence-electron chi connectivity index (χ4n) is 12.0. The monoisotopic (exact) mass is 619 g/mol. The summed E-state index contributed by atoms with van der Waals surface area (Å²) in [6.07, 6.45) is 10.4. The van der Waals surface area contributed by atoms with Crippen LogP contribution in [0.15, 0.2) is 35.9 Å². The number of carboxylic acids is 1. The Morgan fingerprint density at radius 1 is 0.933 bits per heavy atom. The number of benzene rings is 1. The van der Waals surface area contributed by atoms with Crippen molar-refractivity contribution in [2.75, 3.05) is 6.54 Å². The number of fused-ring (bicyclic) bond motifs is 7. The molecular formula is C39H54FNO4. The summed E-state index contributed by atoms with van der Waals surface area (Å²) in [6.45, 7) is 16.2. The highest BCUT2D eigenvalue weighted by Crippen LogP contribution is 2.75. The number of allylic oxidation sites excluding steroid dienone is 2. The Hall–Kier alpha value is -2.50. The van der Waals surface area contributed by atoms with Gasteiger partial charge in [-0.3, -0.25) is 14.4 Å². The van der Waals surface area contributed by atoms with Crippen LogP contribution in [0.1, 0.15) is 112 Å². The molecule has 246 valence electrons. The van der Waals surface area contributed by atoms with E-state index in [1.807, 2.05) is 0 Å². The third kappa shape index (κ3) is 4.61. The number of carbonyl (C=O) groups is 3. The van der Waals surface area contributed by atoms with E-state index in [1.165, 1.54) is 11.6 Å². The number of hydrogen-bond donors (Lipinski definition) is 2. The van der Waals surface area contributed by atoms with E-state index in [9.17, 15) is 23.9 Å². The lowest BCUT2D eigenvalue weighted by Crippen LogP contribution is -2.66. The van der Waals surface area contributed by atoms with Crippen LogP contribution >= 0.6 is 0 Å². The summed E-state index contributed by atoms with van der Waals surface area (Å²) in [4.78, 5) is 40.7. The molecule has 0 aliphatic heterocycles. The van der Waals surface area contributed by atoms with Gasteiger partial charge >= 0.3 is 5.97 Å². The SMILES string of the molecule is CC1(C)CC[C@]2(C(=O)O)CC[C@]3(C)C(=CCC4[C@@]5(C)CC(C(=O)NCCc6ccccc6F)C(=O)C(C)(C)C5CC[C@]43C)C2C1. The van der Waals surface area contributed by atoms with Gasteiger partial charge in [-0.1, -0.05) is 78.3 Å².